The van der Waals surface area contributed by atoms with Gasteiger partial charge < -0.3 is 4.90 Å². The quantitative estimate of drug-likeness (QED) is 0.512. The fourth-order valence-corrected chi connectivity index (χ4v) is 5.62. The Bertz CT molecular complexity index is 1240. The fourth-order valence-electron chi connectivity index (χ4n) is 4.15. The summed E-state index contributed by atoms with van der Waals surface area (Å²) in [5, 5.41) is 0. The van der Waals surface area contributed by atoms with Crippen molar-refractivity contribution < 1.29 is 17.6 Å². The van der Waals surface area contributed by atoms with E-state index >= 15 is 0 Å². The van der Waals surface area contributed by atoms with Gasteiger partial charge in [0.25, 0.3) is 5.91 Å². The van der Waals surface area contributed by atoms with Crippen molar-refractivity contribution in [1.29, 1.82) is 0 Å². The largest absolute Gasteiger partial charge is 0.309 e. The number of sulfonamides is 1. The molecule has 8 heteroatoms. The summed E-state index contributed by atoms with van der Waals surface area (Å²) >= 11 is 0. The van der Waals surface area contributed by atoms with E-state index in [1.165, 1.54) is 39.0 Å². The molecule has 1 heterocycles. The first kappa shape index (κ1) is 24.1. The molecule has 0 atom stereocenters. The molecule has 34 heavy (non-hydrogen) atoms. The molecule has 178 valence electrons. The fraction of sp³-hybridized carbons (Fsp3) is 0.269. The van der Waals surface area contributed by atoms with Crippen LogP contribution in [0.1, 0.15) is 22.8 Å². The minimum atomic E-state index is -3.74. The van der Waals surface area contributed by atoms with Gasteiger partial charge in [0, 0.05) is 50.5 Å². The summed E-state index contributed by atoms with van der Waals surface area (Å²) in [4.78, 5) is 16.9. The first-order chi connectivity index (χ1) is 16.4. The summed E-state index contributed by atoms with van der Waals surface area (Å²) in [5.74, 6) is -0.815. The topological polar surface area (TPSA) is 60.9 Å². The minimum absolute atomic E-state index is 0.0881. The van der Waals surface area contributed by atoms with Crippen LogP contribution in [0.25, 0.3) is 0 Å². The van der Waals surface area contributed by atoms with E-state index in [1.807, 2.05) is 18.2 Å². The lowest BCUT2D eigenvalue weighted by Crippen LogP contribution is -2.48. The van der Waals surface area contributed by atoms with Crippen molar-refractivity contribution in [3.8, 4) is 0 Å². The molecule has 0 bridgehead atoms. The number of halogens is 1. The van der Waals surface area contributed by atoms with Gasteiger partial charge in [-0.15, -0.1) is 0 Å². The van der Waals surface area contributed by atoms with Crippen molar-refractivity contribution in [1.82, 2.24) is 9.21 Å². The smallest absolute Gasteiger partial charge is 0.258 e. The number of benzene rings is 3. The highest BCUT2D eigenvalue weighted by Crippen LogP contribution is 2.23. The Labute approximate surface area is 200 Å². The number of amides is 1. The zero-order chi connectivity index (χ0) is 24.1. The molecule has 1 saturated heterocycles. The molecular formula is C26H28FN3O3S. The van der Waals surface area contributed by atoms with Gasteiger partial charge in [-0.1, -0.05) is 42.5 Å². The zero-order valence-electron chi connectivity index (χ0n) is 19.1. The van der Waals surface area contributed by atoms with Crippen molar-refractivity contribution in [2.24, 2.45) is 0 Å². The van der Waals surface area contributed by atoms with Crippen LogP contribution in [-0.4, -0.2) is 56.3 Å². The van der Waals surface area contributed by atoms with Crippen LogP contribution in [-0.2, 0) is 16.6 Å². The van der Waals surface area contributed by atoms with E-state index in [-0.39, 0.29) is 16.4 Å². The van der Waals surface area contributed by atoms with Crippen molar-refractivity contribution in [3.63, 3.8) is 0 Å². The van der Waals surface area contributed by atoms with Gasteiger partial charge in [-0.05, 0) is 48.9 Å². The first-order valence-electron chi connectivity index (χ1n) is 11.3. The molecule has 3 aromatic rings. The van der Waals surface area contributed by atoms with Crippen LogP contribution in [0.5, 0.6) is 0 Å². The molecule has 0 unspecified atom stereocenters. The van der Waals surface area contributed by atoms with Gasteiger partial charge in [0.2, 0.25) is 10.0 Å². The lowest BCUT2D eigenvalue weighted by atomic mass is 10.2. The maximum atomic E-state index is 13.7. The van der Waals surface area contributed by atoms with Crippen LogP contribution in [0.15, 0.2) is 83.8 Å². The standard InChI is InChI=1S/C26H28FN3O3S/c1-2-30(24-12-7-11-23(27)19-24)26(31)22-10-6-13-25(18-22)34(32,33)29-16-14-28(15-17-29)20-21-8-4-3-5-9-21/h3-13,18-19H,2,14-17,20H2,1H3. The maximum Gasteiger partial charge on any atom is 0.258 e. The molecule has 1 fully saturated rings. The first-order valence-corrected chi connectivity index (χ1v) is 12.8. The number of rotatable bonds is 7. The molecule has 1 amide bonds. The Balaban J connectivity index is 1.47. The van der Waals surface area contributed by atoms with Crippen LogP contribution in [0.4, 0.5) is 10.1 Å². The molecular weight excluding hydrogens is 453 g/mol. The number of nitrogens with zero attached hydrogens (tertiary/aromatic N) is 3. The second kappa shape index (κ2) is 10.5. The van der Waals surface area contributed by atoms with Crippen LogP contribution >= 0.6 is 0 Å². The highest BCUT2D eigenvalue weighted by atomic mass is 32.2. The van der Waals surface area contributed by atoms with Crippen molar-refractivity contribution >= 4 is 21.6 Å². The van der Waals surface area contributed by atoms with Crippen LogP contribution in [0.2, 0.25) is 0 Å². The molecule has 0 radical (unpaired) electrons. The van der Waals surface area contributed by atoms with Crippen LogP contribution in [0, 0.1) is 5.82 Å². The van der Waals surface area contributed by atoms with Gasteiger partial charge in [0.1, 0.15) is 5.82 Å². The van der Waals surface area contributed by atoms with Gasteiger partial charge >= 0.3 is 0 Å². The van der Waals surface area contributed by atoms with E-state index in [4.69, 9.17) is 0 Å². The van der Waals surface area contributed by atoms with Crippen molar-refractivity contribution in [2.75, 3.05) is 37.6 Å². The number of hydrogen-bond donors (Lipinski definition) is 0. The van der Waals surface area contributed by atoms with Crippen molar-refractivity contribution in [3.05, 3.63) is 95.8 Å². The molecule has 0 spiro atoms. The van der Waals surface area contributed by atoms with E-state index in [9.17, 15) is 17.6 Å². The maximum absolute atomic E-state index is 13.7. The summed E-state index contributed by atoms with van der Waals surface area (Å²) < 4.78 is 41.8. The van der Waals surface area contributed by atoms with Gasteiger partial charge in [0.15, 0.2) is 0 Å². The van der Waals surface area contributed by atoms with E-state index < -0.39 is 15.8 Å². The lowest BCUT2D eigenvalue weighted by molar-refractivity contribution is 0.0988. The van der Waals surface area contributed by atoms with Crippen LogP contribution < -0.4 is 4.90 Å². The highest BCUT2D eigenvalue weighted by molar-refractivity contribution is 7.89. The molecule has 0 N–H and O–H groups in total. The summed E-state index contributed by atoms with van der Waals surface area (Å²) in [6.45, 7) is 4.94. The third kappa shape index (κ3) is 5.35. The third-order valence-corrected chi connectivity index (χ3v) is 7.87. The average molecular weight is 482 g/mol. The Kier molecular flexibility index (Phi) is 7.41. The number of hydrogen-bond acceptors (Lipinski definition) is 4. The van der Waals surface area contributed by atoms with Gasteiger partial charge in [-0.3, -0.25) is 9.69 Å². The second-order valence-electron chi connectivity index (χ2n) is 8.22. The Morgan fingerprint density at radius 2 is 1.62 bits per heavy atom. The van der Waals surface area contributed by atoms with E-state index in [1.54, 1.807) is 31.2 Å². The zero-order valence-corrected chi connectivity index (χ0v) is 19.9. The Morgan fingerprint density at radius 3 is 2.29 bits per heavy atom. The number of carbonyl (C=O) groups is 1. The highest BCUT2D eigenvalue weighted by Gasteiger charge is 2.29. The summed E-state index contributed by atoms with van der Waals surface area (Å²) in [6.07, 6.45) is 0. The molecule has 0 aromatic heterocycles. The van der Waals surface area contributed by atoms with E-state index in [0.717, 1.165) is 6.54 Å². The van der Waals surface area contributed by atoms with Gasteiger partial charge in [-0.2, -0.15) is 4.31 Å². The van der Waals surface area contributed by atoms with Gasteiger partial charge in [0.05, 0.1) is 4.90 Å². The molecule has 0 aliphatic carbocycles. The predicted octanol–water partition coefficient (Wildman–Crippen LogP) is 4.00. The molecule has 4 rings (SSSR count). The van der Waals surface area contributed by atoms with E-state index in [0.29, 0.717) is 38.4 Å². The summed E-state index contributed by atoms with van der Waals surface area (Å²) in [7, 11) is -3.74. The minimum Gasteiger partial charge on any atom is -0.309 e. The van der Waals surface area contributed by atoms with Crippen molar-refractivity contribution in [2.45, 2.75) is 18.4 Å². The number of piperazine rings is 1. The normalized spacial score (nSPS) is 15.2. The summed E-state index contributed by atoms with van der Waals surface area (Å²) in [6, 6.07) is 22.0. The lowest BCUT2D eigenvalue weighted by Gasteiger charge is -2.34. The number of carbonyl (C=O) groups excluding carboxylic acids is 1. The molecule has 1 aliphatic heterocycles. The van der Waals surface area contributed by atoms with E-state index in [2.05, 4.69) is 17.0 Å². The molecule has 6 nitrogen and oxygen atoms in total. The monoisotopic (exact) mass is 481 g/mol. The third-order valence-electron chi connectivity index (χ3n) is 5.98. The summed E-state index contributed by atoms with van der Waals surface area (Å²) in [5.41, 5.74) is 1.87. The SMILES string of the molecule is CCN(C(=O)c1cccc(S(=O)(=O)N2CCN(Cc3ccccc3)CC2)c1)c1cccc(F)c1. The van der Waals surface area contributed by atoms with Crippen LogP contribution in [0.3, 0.4) is 0 Å². The molecule has 1 aliphatic rings. The second-order valence-corrected chi connectivity index (χ2v) is 10.2. The predicted molar refractivity (Wildman–Crippen MR) is 131 cm³/mol. The molecule has 3 aromatic carbocycles. The average Bonchev–Trinajstić information content (AvgIpc) is 2.85. The Morgan fingerprint density at radius 1 is 0.912 bits per heavy atom. The number of anilines is 1. The Hall–Kier alpha value is -3.07. The van der Waals surface area contributed by atoms with Gasteiger partial charge in [-0.25, -0.2) is 12.8 Å². The molecule has 0 saturated carbocycles.